The van der Waals surface area contributed by atoms with Gasteiger partial charge in [-0.05, 0) is 38.0 Å². The molecule has 2 aromatic carbocycles. The van der Waals surface area contributed by atoms with E-state index >= 15 is 0 Å². The van der Waals surface area contributed by atoms with Crippen LogP contribution in [0.3, 0.4) is 0 Å². The molecule has 1 heterocycles. The molecule has 0 spiro atoms. The molecule has 2 aromatic rings. The molecular weight excluding hydrogens is 350 g/mol. The zero-order chi connectivity index (χ0) is 19.9. The van der Waals surface area contributed by atoms with Crippen molar-refractivity contribution in [3.8, 4) is 0 Å². The summed E-state index contributed by atoms with van der Waals surface area (Å²) in [5, 5.41) is 13.8. The number of aryl methyl sites for hydroxylation is 3. The molecule has 138 valence electrons. The second-order valence-corrected chi connectivity index (χ2v) is 6.48. The fourth-order valence-corrected chi connectivity index (χ4v) is 3.31. The lowest BCUT2D eigenvalue weighted by Gasteiger charge is -2.16. The fourth-order valence-electron chi connectivity index (χ4n) is 3.31. The van der Waals surface area contributed by atoms with Gasteiger partial charge < -0.3 is 5.32 Å². The standard InChI is InChI=1S/C19H17N3O5/c1-10-7-11(2)17(12(3)8-10)20-15(23)9-21-18(24)13-5-4-6-14(22(26)27)16(13)19(21)25/h4-8H,9H2,1-3H3,(H,20,23). The number of fused-ring (bicyclic) bond motifs is 1. The van der Waals surface area contributed by atoms with Crippen LogP contribution < -0.4 is 5.32 Å². The molecule has 0 radical (unpaired) electrons. The van der Waals surface area contributed by atoms with Crippen LogP contribution in [0.1, 0.15) is 37.4 Å². The van der Waals surface area contributed by atoms with Crippen molar-refractivity contribution in [1.82, 2.24) is 4.90 Å². The van der Waals surface area contributed by atoms with E-state index in [4.69, 9.17) is 0 Å². The fraction of sp³-hybridized carbons (Fsp3) is 0.211. The van der Waals surface area contributed by atoms with E-state index in [2.05, 4.69) is 5.32 Å². The Morgan fingerprint density at radius 3 is 2.33 bits per heavy atom. The molecule has 0 saturated carbocycles. The van der Waals surface area contributed by atoms with Crippen molar-refractivity contribution in [3.05, 3.63) is 68.3 Å². The Balaban J connectivity index is 1.84. The number of carbonyl (C=O) groups is 3. The van der Waals surface area contributed by atoms with Gasteiger partial charge in [-0.15, -0.1) is 0 Å². The summed E-state index contributed by atoms with van der Waals surface area (Å²) in [6, 6.07) is 7.66. The lowest BCUT2D eigenvalue weighted by atomic mass is 10.1. The largest absolute Gasteiger partial charge is 0.324 e. The van der Waals surface area contributed by atoms with Crippen LogP contribution in [0.2, 0.25) is 0 Å². The number of carbonyl (C=O) groups excluding carboxylic acids is 3. The number of nitrogens with one attached hydrogen (secondary N) is 1. The Morgan fingerprint density at radius 1 is 1.11 bits per heavy atom. The molecule has 0 aromatic heterocycles. The van der Waals surface area contributed by atoms with Crippen molar-refractivity contribution in [2.24, 2.45) is 0 Å². The van der Waals surface area contributed by atoms with E-state index in [0.717, 1.165) is 27.7 Å². The molecular formula is C19H17N3O5. The number of imide groups is 1. The van der Waals surface area contributed by atoms with Gasteiger partial charge >= 0.3 is 0 Å². The minimum atomic E-state index is -0.838. The second kappa shape index (κ2) is 6.64. The van der Waals surface area contributed by atoms with Crippen molar-refractivity contribution in [1.29, 1.82) is 0 Å². The third kappa shape index (κ3) is 3.17. The molecule has 0 unspecified atom stereocenters. The Hall–Kier alpha value is -3.55. The summed E-state index contributed by atoms with van der Waals surface area (Å²) >= 11 is 0. The summed E-state index contributed by atoms with van der Waals surface area (Å²) in [7, 11) is 0. The maximum Gasteiger partial charge on any atom is 0.282 e. The zero-order valence-electron chi connectivity index (χ0n) is 15.0. The number of nitrogens with zero attached hydrogens (tertiary/aromatic N) is 2. The molecule has 1 N–H and O–H groups in total. The molecule has 3 amide bonds. The number of hydrogen-bond donors (Lipinski definition) is 1. The Bertz CT molecular complexity index is 989. The van der Waals surface area contributed by atoms with Gasteiger partial charge in [-0.2, -0.15) is 0 Å². The molecule has 3 rings (SSSR count). The van der Waals surface area contributed by atoms with Crippen molar-refractivity contribution < 1.29 is 19.3 Å². The maximum atomic E-state index is 12.5. The Kier molecular flexibility index (Phi) is 4.49. The average molecular weight is 367 g/mol. The van der Waals surface area contributed by atoms with E-state index < -0.39 is 34.9 Å². The quantitative estimate of drug-likeness (QED) is 0.508. The SMILES string of the molecule is Cc1cc(C)c(NC(=O)CN2C(=O)c3cccc([N+](=O)[O-])c3C2=O)c(C)c1. The normalized spacial score (nSPS) is 12.9. The van der Waals surface area contributed by atoms with Crippen molar-refractivity contribution in [2.45, 2.75) is 20.8 Å². The number of amides is 3. The van der Waals surface area contributed by atoms with Crippen molar-refractivity contribution >= 4 is 29.1 Å². The number of anilines is 1. The first-order valence-corrected chi connectivity index (χ1v) is 8.22. The van der Waals surface area contributed by atoms with E-state index in [1.54, 1.807) is 0 Å². The first-order valence-electron chi connectivity index (χ1n) is 8.22. The highest BCUT2D eigenvalue weighted by Gasteiger charge is 2.41. The van der Waals surface area contributed by atoms with Gasteiger partial charge in [-0.1, -0.05) is 23.8 Å². The van der Waals surface area contributed by atoms with E-state index in [-0.39, 0.29) is 11.1 Å². The van der Waals surface area contributed by atoms with Crippen LogP contribution in [0.25, 0.3) is 0 Å². The molecule has 0 aliphatic carbocycles. The van der Waals surface area contributed by atoms with Crippen LogP contribution in [-0.2, 0) is 4.79 Å². The monoisotopic (exact) mass is 367 g/mol. The molecule has 27 heavy (non-hydrogen) atoms. The third-order valence-corrected chi connectivity index (χ3v) is 4.42. The summed E-state index contributed by atoms with van der Waals surface area (Å²) in [4.78, 5) is 48.5. The van der Waals surface area contributed by atoms with Gasteiger partial charge in [0.2, 0.25) is 5.91 Å². The molecule has 0 bridgehead atoms. The van der Waals surface area contributed by atoms with Crippen LogP contribution in [0.15, 0.2) is 30.3 Å². The van der Waals surface area contributed by atoms with Gasteiger partial charge in [-0.25, -0.2) is 0 Å². The highest BCUT2D eigenvalue weighted by molar-refractivity contribution is 6.24. The first kappa shape index (κ1) is 18.2. The first-order chi connectivity index (χ1) is 12.7. The summed E-state index contributed by atoms with van der Waals surface area (Å²) < 4.78 is 0. The molecule has 1 aliphatic rings. The van der Waals surface area contributed by atoms with Gasteiger partial charge in [-0.3, -0.25) is 29.4 Å². The predicted octanol–water partition coefficient (Wildman–Crippen LogP) is 2.75. The molecule has 0 atom stereocenters. The van der Waals surface area contributed by atoms with Crippen LogP contribution in [-0.4, -0.2) is 34.1 Å². The maximum absolute atomic E-state index is 12.5. The van der Waals surface area contributed by atoms with Crippen LogP contribution in [0, 0.1) is 30.9 Å². The summed E-state index contributed by atoms with van der Waals surface area (Å²) in [6.07, 6.45) is 0. The number of nitro groups is 1. The minimum Gasteiger partial charge on any atom is -0.324 e. The van der Waals surface area contributed by atoms with Crippen LogP contribution in [0.4, 0.5) is 11.4 Å². The highest BCUT2D eigenvalue weighted by Crippen LogP contribution is 2.30. The van der Waals surface area contributed by atoms with Crippen molar-refractivity contribution in [3.63, 3.8) is 0 Å². The summed E-state index contributed by atoms with van der Waals surface area (Å²) in [6.45, 7) is 5.12. The van der Waals surface area contributed by atoms with Gasteiger partial charge in [0.25, 0.3) is 17.5 Å². The van der Waals surface area contributed by atoms with Crippen molar-refractivity contribution in [2.75, 3.05) is 11.9 Å². The number of rotatable bonds is 4. The van der Waals surface area contributed by atoms with Crippen LogP contribution in [0.5, 0.6) is 0 Å². The highest BCUT2D eigenvalue weighted by atomic mass is 16.6. The predicted molar refractivity (Wildman–Crippen MR) is 97.7 cm³/mol. The third-order valence-electron chi connectivity index (χ3n) is 4.42. The zero-order valence-corrected chi connectivity index (χ0v) is 15.0. The lowest BCUT2D eigenvalue weighted by Crippen LogP contribution is -2.37. The Morgan fingerprint density at radius 2 is 1.74 bits per heavy atom. The van der Waals surface area contributed by atoms with Gasteiger partial charge in [0, 0.05) is 11.8 Å². The topological polar surface area (TPSA) is 110 Å². The number of hydrogen-bond acceptors (Lipinski definition) is 5. The van der Waals surface area contributed by atoms with E-state index in [9.17, 15) is 24.5 Å². The Labute approximate surface area is 154 Å². The van der Waals surface area contributed by atoms with E-state index in [1.165, 1.54) is 12.1 Å². The van der Waals surface area contributed by atoms with E-state index in [0.29, 0.717) is 5.69 Å². The molecule has 0 saturated heterocycles. The summed E-state index contributed by atoms with van der Waals surface area (Å²) in [5.74, 6) is -2.11. The molecule has 0 fully saturated rings. The van der Waals surface area contributed by atoms with E-state index in [1.807, 2.05) is 32.9 Å². The van der Waals surface area contributed by atoms with Gasteiger partial charge in [0.05, 0.1) is 10.5 Å². The molecule has 8 nitrogen and oxygen atoms in total. The lowest BCUT2D eigenvalue weighted by molar-refractivity contribution is -0.385. The molecule has 8 heteroatoms. The average Bonchev–Trinajstić information content (AvgIpc) is 2.83. The smallest absolute Gasteiger partial charge is 0.282 e. The van der Waals surface area contributed by atoms with Gasteiger partial charge in [0.15, 0.2) is 0 Å². The number of nitro benzene ring substituents is 1. The minimum absolute atomic E-state index is 0.0651. The van der Waals surface area contributed by atoms with Gasteiger partial charge in [0.1, 0.15) is 12.1 Å². The second-order valence-electron chi connectivity index (χ2n) is 6.48. The summed E-state index contributed by atoms with van der Waals surface area (Å²) in [5.41, 5.74) is 2.60. The molecule has 1 aliphatic heterocycles. The van der Waals surface area contributed by atoms with Crippen LogP contribution >= 0.6 is 0 Å². The number of benzene rings is 2.